The van der Waals surface area contributed by atoms with E-state index in [1.165, 1.54) is 0 Å². The molecule has 2 heterocycles. The predicted octanol–water partition coefficient (Wildman–Crippen LogP) is 3.62. The molecule has 1 aromatic carbocycles. The number of ether oxygens (including phenoxy) is 1. The molecule has 1 saturated carbocycles. The highest BCUT2D eigenvalue weighted by Crippen LogP contribution is 2.40. The first-order valence-corrected chi connectivity index (χ1v) is 10.6. The Morgan fingerprint density at radius 1 is 1.31 bits per heavy atom. The fourth-order valence-electron chi connectivity index (χ4n) is 4.36. The van der Waals surface area contributed by atoms with E-state index in [1.807, 2.05) is 25.1 Å². The first-order chi connectivity index (χ1) is 14.0. The summed E-state index contributed by atoms with van der Waals surface area (Å²) in [6.45, 7) is 5.23. The van der Waals surface area contributed by atoms with E-state index in [0.717, 1.165) is 42.5 Å². The van der Waals surface area contributed by atoms with E-state index < -0.39 is 5.41 Å². The average Bonchev–Trinajstić information content (AvgIpc) is 3.46. The minimum absolute atomic E-state index is 0.105. The summed E-state index contributed by atoms with van der Waals surface area (Å²) in [5.74, 6) is 0.206. The lowest BCUT2D eigenvalue weighted by Gasteiger charge is -2.41. The molecule has 2 aliphatic rings. The summed E-state index contributed by atoms with van der Waals surface area (Å²) in [7, 11) is 0. The lowest BCUT2D eigenvalue weighted by Crippen LogP contribution is -2.51. The summed E-state index contributed by atoms with van der Waals surface area (Å²) in [5, 5.41) is 7.26. The van der Waals surface area contributed by atoms with Crippen LogP contribution in [-0.2, 0) is 16.0 Å². The Kier molecular flexibility index (Phi) is 5.43. The molecule has 4 rings (SSSR count). The standard InChI is InChI=1S/C23H29N3O3/c1-3-29-22(28)23(14-18-8-5-4-7-16(18)2)11-6-12-26(15-23)21(27)20-13-19(24-25-20)17-9-10-17/h4-5,7-8,13,17H,3,6,9-12,14-15H2,1-2H3,(H,24,25)/t23-/m1/s1. The number of likely N-dealkylation sites (tertiary alicyclic amines) is 1. The molecular weight excluding hydrogens is 366 g/mol. The number of aromatic nitrogens is 2. The van der Waals surface area contributed by atoms with Crippen molar-refractivity contribution in [1.82, 2.24) is 15.1 Å². The topological polar surface area (TPSA) is 75.3 Å². The van der Waals surface area contributed by atoms with Crippen molar-refractivity contribution < 1.29 is 14.3 Å². The molecule has 154 valence electrons. The molecule has 6 heteroatoms. The number of hydrogen-bond acceptors (Lipinski definition) is 4. The van der Waals surface area contributed by atoms with Crippen LogP contribution in [0.3, 0.4) is 0 Å². The molecule has 0 bridgehead atoms. The van der Waals surface area contributed by atoms with E-state index in [4.69, 9.17) is 4.74 Å². The minimum Gasteiger partial charge on any atom is -0.466 e. The van der Waals surface area contributed by atoms with Gasteiger partial charge < -0.3 is 9.64 Å². The highest BCUT2D eigenvalue weighted by Gasteiger charge is 2.45. The van der Waals surface area contributed by atoms with Crippen LogP contribution >= 0.6 is 0 Å². The Morgan fingerprint density at radius 3 is 2.83 bits per heavy atom. The molecule has 0 spiro atoms. The molecule has 1 aliphatic carbocycles. The van der Waals surface area contributed by atoms with Gasteiger partial charge in [-0.05, 0) is 63.1 Å². The molecule has 1 saturated heterocycles. The Morgan fingerprint density at radius 2 is 2.10 bits per heavy atom. The maximum absolute atomic E-state index is 13.1. The van der Waals surface area contributed by atoms with Crippen molar-refractivity contribution in [1.29, 1.82) is 0 Å². The molecule has 2 fully saturated rings. The summed E-state index contributed by atoms with van der Waals surface area (Å²) < 4.78 is 5.48. The van der Waals surface area contributed by atoms with Gasteiger partial charge in [-0.15, -0.1) is 0 Å². The summed E-state index contributed by atoms with van der Waals surface area (Å²) in [4.78, 5) is 28.0. The van der Waals surface area contributed by atoms with Crippen molar-refractivity contribution in [2.75, 3.05) is 19.7 Å². The van der Waals surface area contributed by atoms with Crippen molar-refractivity contribution >= 4 is 11.9 Å². The van der Waals surface area contributed by atoms with Gasteiger partial charge in [-0.1, -0.05) is 24.3 Å². The largest absolute Gasteiger partial charge is 0.466 e. The van der Waals surface area contributed by atoms with Crippen molar-refractivity contribution in [3.8, 4) is 0 Å². The van der Waals surface area contributed by atoms with Gasteiger partial charge in [-0.2, -0.15) is 5.10 Å². The van der Waals surface area contributed by atoms with Gasteiger partial charge in [-0.25, -0.2) is 0 Å². The van der Waals surface area contributed by atoms with Gasteiger partial charge in [0.15, 0.2) is 0 Å². The molecule has 0 radical (unpaired) electrons. The second kappa shape index (κ2) is 8.01. The van der Waals surface area contributed by atoms with Crippen molar-refractivity contribution in [2.45, 2.75) is 51.9 Å². The van der Waals surface area contributed by atoms with E-state index in [0.29, 0.717) is 37.7 Å². The number of amides is 1. The van der Waals surface area contributed by atoms with Gasteiger partial charge in [0, 0.05) is 24.7 Å². The zero-order valence-electron chi connectivity index (χ0n) is 17.2. The highest BCUT2D eigenvalue weighted by atomic mass is 16.5. The van der Waals surface area contributed by atoms with Gasteiger partial charge >= 0.3 is 5.97 Å². The van der Waals surface area contributed by atoms with Crippen LogP contribution in [0.1, 0.15) is 65.8 Å². The minimum atomic E-state index is -0.717. The van der Waals surface area contributed by atoms with E-state index in [-0.39, 0.29) is 11.9 Å². The number of esters is 1. The van der Waals surface area contributed by atoms with Crippen LogP contribution in [0.15, 0.2) is 30.3 Å². The number of carbonyl (C=O) groups excluding carboxylic acids is 2. The summed E-state index contributed by atoms with van der Waals surface area (Å²) >= 11 is 0. The monoisotopic (exact) mass is 395 g/mol. The predicted molar refractivity (Wildman–Crippen MR) is 110 cm³/mol. The lowest BCUT2D eigenvalue weighted by molar-refractivity contribution is -0.158. The van der Waals surface area contributed by atoms with Crippen LogP contribution < -0.4 is 0 Å². The Labute approximate surface area is 171 Å². The van der Waals surface area contributed by atoms with E-state index in [1.54, 1.807) is 4.90 Å². The fraction of sp³-hybridized carbons (Fsp3) is 0.522. The van der Waals surface area contributed by atoms with Crippen LogP contribution in [-0.4, -0.2) is 46.7 Å². The number of rotatable bonds is 6. The summed E-state index contributed by atoms with van der Waals surface area (Å²) in [6, 6.07) is 10.00. The Hall–Kier alpha value is -2.63. The maximum Gasteiger partial charge on any atom is 0.314 e. The molecular formula is C23H29N3O3. The van der Waals surface area contributed by atoms with Crippen molar-refractivity contribution in [3.05, 3.63) is 52.8 Å². The number of aryl methyl sites for hydroxylation is 1. The second-order valence-corrected chi connectivity index (χ2v) is 8.42. The number of benzene rings is 1. The quantitative estimate of drug-likeness (QED) is 0.758. The fourth-order valence-corrected chi connectivity index (χ4v) is 4.36. The smallest absolute Gasteiger partial charge is 0.314 e. The molecule has 1 amide bonds. The zero-order chi connectivity index (χ0) is 20.4. The number of H-pyrrole nitrogens is 1. The SMILES string of the molecule is CCOC(=O)[C@@]1(Cc2ccccc2C)CCCN(C(=O)c2cc(C3CC3)[nH]n2)C1. The van der Waals surface area contributed by atoms with Crippen LogP contribution in [0.5, 0.6) is 0 Å². The third-order valence-corrected chi connectivity index (χ3v) is 6.20. The van der Waals surface area contributed by atoms with Crippen molar-refractivity contribution in [2.24, 2.45) is 5.41 Å². The van der Waals surface area contributed by atoms with Crippen molar-refractivity contribution in [3.63, 3.8) is 0 Å². The van der Waals surface area contributed by atoms with E-state index in [9.17, 15) is 9.59 Å². The molecule has 6 nitrogen and oxygen atoms in total. The first kappa shape index (κ1) is 19.7. The molecule has 1 aromatic heterocycles. The Balaban J connectivity index is 1.58. The summed E-state index contributed by atoms with van der Waals surface area (Å²) in [5.41, 5.74) is 3.06. The molecule has 1 atom stereocenters. The van der Waals surface area contributed by atoms with E-state index in [2.05, 4.69) is 29.3 Å². The molecule has 1 N–H and O–H groups in total. The molecule has 29 heavy (non-hydrogen) atoms. The normalized spacial score (nSPS) is 21.8. The van der Waals surface area contributed by atoms with Crippen LogP contribution in [0, 0.1) is 12.3 Å². The number of piperidine rings is 1. The van der Waals surface area contributed by atoms with Gasteiger partial charge in [0.05, 0.1) is 12.0 Å². The molecule has 1 aliphatic heterocycles. The van der Waals surface area contributed by atoms with Gasteiger partial charge in [0.25, 0.3) is 5.91 Å². The van der Waals surface area contributed by atoms with Gasteiger partial charge in [0.2, 0.25) is 0 Å². The number of carbonyl (C=O) groups is 2. The third kappa shape index (κ3) is 4.07. The van der Waals surface area contributed by atoms with Crippen LogP contribution in [0.2, 0.25) is 0 Å². The molecule has 0 unspecified atom stereocenters. The Bertz CT molecular complexity index is 902. The number of hydrogen-bond donors (Lipinski definition) is 1. The average molecular weight is 396 g/mol. The van der Waals surface area contributed by atoms with Crippen LogP contribution in [0.25, 0.3) is 0 Å². The van der Waals surface area contributed by atoms with Gasteiger partial charge in [0.1, 0.15) is 5.69 Å². The van der Waals surface area contributed by atoms with Gasteiger partial charge in [-0.3, -0.25) is 14.7 Å². The third-order valence-electron chi connectivity index (χ3n) is 6.20. The van der Waals surface area contributed by atoms with Crippen LogP contribution in [0.4, 0.5) is 0 Å². The highest BCUT2D eigenvalue weighted by molar-refractivity contribution is 5.93. The second-order valence-electron chi connectivity index (χ2n) is 8.42. The number of aromatic amines is 1. The van der Waals surface area contributed by atoms with E-state index >= 15 is 0 Å². The summed E-state index contributed by atoms with van der Waals surface area (Å²) in [6.07, 6.45) is 4.38. The first-order valence-electron chi connectivity index (χ1n) is 10.6. The maximum atomic E-state index is 13.1. The number of nitrogens with zero attached hydrogens (tertiary/aromatic N) is 2. The molecule has 2 aromatic rings. The zero-order valence-corrected chi connectivity index (χ0v) is 17.2. The lowest BCUT2D eigenvalue weighted by atomic mass is 9.74. The number of nitrogens with one attached hydrogen (secondary N) is 1.